The van der Waals surface area contributed by atoms with Crippen LogP contribution in [-0.2, 0) is 9.53 Å². The lowest BCUT2D eigenvalue weighted by Gasteiger charge is -2.25. The normalized spacial score (nSPS) is 15.3. The molecule has 2 aromatic carbocycles. The van der Waals surface area contributed by atoms with Crippen LogP contribution in [0.2, 0.25) is 0 Å². The van der Waals surface area contributed by atoms with E-state index in [4.69, 9.17) is 18.9 Å². The number of methoxy groups -OCH3 is 2. The number of esters is 1. The summed E-state index contributed by atoms with van der Waals surface area (Å²) in [6.07, 6.45) is 1.47. The van der Waals surface area contributed by atoms with Crippen LogP contribution >= 0.6 is 11.3 Å². The fraction of sp³-hybridized carbons (Fsp3) is 0.321. The van der Waals surface area contributed by atoms with Gasteiger partial charge in [0.15, 0.2) is 16.3 Å². The van der Waals surface area contributed by atoms with Crippen LogP contribution in [-0.4, -0.2) is 37.5 Å². The van der Waals surface area contributed by atoms with Gasteiger partial charge in [-0.1, -0.05) is 29.5 Å². The van der Waals surface area contributed by atoms with Gasteiger partial charge in [0.2, 0.25) is 0 Å². The van der Waals surface area contributed by atoms with E-state index in [1.54, 1.807) is 57.8 Å². The molecule has 0 spiro atoms. The van der Waals surface area contributed by atoms with Crippen molar-refractivity contribution in [1.82, 2.24) is 4.57 Å². The molecule has 4 rings (SSSR count). The SMILES string of the molecule is CCOc1ccc(/C=c2/sc3n(c2=O)C(c2ccc(OC)cc2)C(C(=O)OC(C)C)=C(C)N=3)cc1OC. The Kier molecular flexibility index (Phi) is 7.83. The Morgan fingerprint density at radius 3 is 2.46 bits per heavy atom. The summed E-state index contributed by atoms with van der Waals surface area (Å²) in [6.45, 7) is 7.76. The first-order valence-corrected chi connectivity index (χ1v) is 12.8. The van der Waals surface area contributed by atoms with Gasteiger partial charge in [0.1, 0.15) is 5.75 Å². The van der Waals surface area contributed by atoms with Gasteiger partial charge in [-0.2, -0.15) is 0 Å². The molecule has 3 aromatic rings. The number of rotatable bonds is 8. The number of ether oxygens (including phenoxy) is 4. The van der Waals surface area contributed by atoms with Crippen LogP contribution in [0, 0.1) is 0 Å². The van der Waals surface area contributed by atoms with Crippen molar-refractivity contribution < 1.29 is 23.7 Å². The van der Waals surface area contributed by atoms with Crippen LogP contribution in [0.25, 0.3) is 6.08 Å². The fourth-order valence-electron chi connectivity index (χ4n) is 4.16. The van der Waals surface area contributed by atoms with E-state index in [-0.39, 0.29) is 11.7 Å². The van der Waals surface area contributed by atoms with E-state index in [0.29, 0.717) is 44.5 Å². The van der Waals surface area contributed by atoms with Crippen molar-refractivity contribution in [3.8, 4) is 17.2 Å². The summed E-state index contributed by atoms with van der Waals surface area (Å²) in [5.74, 6) is 1.39. The van der Waals surface area contributed by atoms with Crippen LogP contribution in [0.1, 0.15) is 44.9 Å². The van der Waals surface area contributed by atoms with Crippen LogP contribution in [0.4, 0.5) is 0 Å². The van der Waals surface area contributed by atoms with E-state index >= 15 is 0 Å². The maximum absolute atomic E-state index is 13.8. The van der Waals surface area contributed by atoms with Crippen molar-refractivity contribution >= 4 is 23.4 Å². The molecule has 0 aliphatic carbocycles. The van der Waals surface area contributed by atoms with Crippen molar-refractivity contribution in [2.24, 2.45) is 4.99 Å². The number of hydrogen-bond donors (Lipinski definition) is 0. The van der Waals surface area contributed by atoms with Crippen LogP contribution in [0.15, 0.2) is 63.5 Å². The molecule has 1 aromatic heterocycles. The number of nitrogens with zero attached hydrogens (tertiary/aromatic N) is 2. The van der Waals surface area contributed by atoms with Gasteiger partial charge in [-0.25, -0.2) is 9.79 Å². The Morgan fingerprint density at radius 2 is 1.84 bits per heavy atom. The highest BCUT2D eigenvalue weighted by atomic mass is 32.1. The number of fused-ring (bicyclic) bond motifs is 1. The monoisotopic (exact) mass is 522 g/mol. The molecule has 1 unspecified atom stereocenters. The van der Waals surface area contributed by atoms with E-state index in [1.807, 2.05) is 37.3 Å². The Labute approximate surface area is 219 Å². The minimum atomic E-state index is -0.689. The van der Waals surface area contributed by atoms with Crippen molar-refractivity contribution in [3.63, 3.8) is 0 Å². The fourth-order valence-corrected chi connectivity index (χ4v) is 5.21. The van der Waals surface area contributed by atoms with E-state index in [1.165, 1.54) is 11.3 Å². The lowest BCUT2D eigenvalue weighted by atomic mass is 9.96. The minimum Gasteiger partial charge on any atom is -0.497 e. The molecular weight excluding hydrogens is 492 g/mol. The highest BCUT2D eigenvalue weighted by Crippen LogP contribution is 2.32. The summed E-state index contributed by atoms with van der Waals surface area (Å²) in [5.41, 5.74) is 2.13. The molecule has 1 aliphatic rings. The molecule has 1 atom stereocenters. The molecule has 2 heterocycles. The number of benzene rings is 2. The minimum absolute atomic E-state index is 0.250. The molecule has 194 valence electrons. The zero-order valence-electron chi connectivity index (χ0n) is 21.7. The summed E-state index contributed by atoms with van der Waals surface area (Å²) < 4.78 is 23.9. The Bertz CT molecular complexity index is 1520. The van der Waals surface area contributed by atoms with Crippen LogP contribution in [0.5, 0.6) is 17.2 Å². The number of carbonyl (C=O) groups is 1. The zero-order valence-corrected chi connectivity index (χ0v) is 22.5. The van der Waals surface area contributed by atoms with Gasteiger partial charge in [0.05, 0.1) is 48.8 Å². The Balaban J connectivity index is 1.89. The molecule has 0 saturated heterocycles. The van der Waals surface area contributed by atoms with Gasteiger partial charge in [0, 0.05) is 0 Å². The smallest absolute Gasteiger partial charge is 0.338 e. The first-order chi connectivity index (χ1) is 17.8. The summed E-state index contributed by atoms with van der Waals surface area (Å²) in [5, 5.41) is 0. The molecule has 1 aliphatic heterocycles. The number of allylic oxidation sites excluding steroid dienone is 1. The second-order valence-electron chi connectivity index (χ2n) is 8.65. The number of carbonyl (C=O) groups excluding carboxylic acids is 1. The van der Waals surface area contributed by atoms with Gasteiger partial charge in [-0.05, 0) is 69.2 Å². The predicted molar refractivity (Wildman–Crippen MR) is 142 cm³/mol. The average molecular weight is 523 g/mol. The summed E-state index contributed by atoms with van der Waals surface area (Å²) in [4.78, 5) is 32.1. The van der Waals surface area contributed by atoms with Gasteiger partial charge < -0.3 is 18.9 Å². The lowest BCUT2D eigenvalue weighted by molar-refractivity contribution is -0.143. The molecule has 0 fully saturated rings. The van der Waals surface area contributed by atoms with E-state index in [9.17, 15) is 9.59 Å². The molecule has 0 radical (unpaired) electrons. The van der Waals surface area contributed by atoms with E-state index in [2.05, 4.69) is 4.99 Å². The second kappa shape index (κ2) is 11.0. The summed E-state index contributed by atoms with van der Waals surface area (Å²) in [7, 11) is 3.16. The molecule has 0 N–H and O–H groups in total. The summed E-state index contributed by atoms with van der Waals surface area (Å²) in [6, 6.07) is 12.1. The van der Waals surface area contributed by atoms with Gasteiger partial charge in [-0.3, -0.25) is 9.36 Å². The molecule has 0 amide bonds. The van der Waals surface area contributed by atoms with Gasteiger partial charge >= 0.3 is 5.97 Å². The quantitative estimate of drug-likeness (QED) is 0.420. The lowest BCUT2D eigenvalue weighted by Crippen LogP contribution is -2.40. The van der Waals surface area contributed by atoms with Crippen LogP contribution in [0.3, 0.4) is 0 Å². The molecular formula is C28H30N2O6S. The molecule has 8 nitrogen and oxygen atoms in total. The third-order valence-electron chi connectivity index (χ3n) is 5.80. The zero-order chi connectivity index (χ0) is 26.7. The van der Waals surface area contributed by atoms with E-state index < -0.39 is 12.0 Å². The first kappa shape index (κ1) is 26.2. The number of aromatic nitrogens is 1. The molecule has 9 heteroatoms. The van der Waals surface area contributed by atoms with Crippen molar-refractivity contribution in [2.75, 3.05) is 20.8 Å². The standard InChI is InChI=1S/C28H30N2O6S/c1-7-35-21-13-8-18(14-22(21)34-6)15-23-26(31)30-25(19-9-11-20(33-5)12-10-19)24(27(32)36-16(2)3)17(4)29-28(30)37-23/h8-16,25H,7H2,1-6H3/b23-15+. The van der Waals surface area contributed by atoms with Gasteiger partial charge in [0.25, 0.3) is 5.56 Å². The largest absolute Gasteiger partial charge is 0.497 e. The van der Waals surface area contributed by atoms with Gasteiger partial charge in [-0.15, -0.1) is 0 Å². The molecule has 0 saturated carbocycles. The van der Waals surface area contributed by atoms with Crippen LogP contribution < -0.4 is 29.1 Å². The third kappa shape index (κ3) is 5.32. The highest BCUT2D eigenvalue weighted by molar-refractivity contribution is 7.07. The Morgan fingerprint density at radius 1 is 1.11 bits per heavy atom. The maximum atomic E-state index is 13.8. The topological polar surface area (TPSA) is 88.4 Å². The van der Waals surface area contributed by atoms with Crippen molar-refractivity contribution in [2.45, 2.75) is 39.8 Å². The highest BCUT2D eigenvalue weighted by Gasteiger charge is 2.33. The molecule has 37 heavy (non-hydrogen) atoms. The predicted octanol–water partition coefficient (Wildman–Crippen LogP) is 3.60. The Hall–Kier alpha value is -3.85. The summed E-state index contributed by atoms with van der Waals surface area (Å²) >= 11 is 1.27. The number of hydrogen-bond acceptors (Lipinski definition) is 8. The first-order valence-electron chi connectivity index (χ1n) is 12.0. The van der Waals surface area contributed by atoms with Crippen molar-refractivity contribution in [1.29, 1.82) is 0 Å². The second-order valence-corrected chi connectivity index (χ2v) is 9.66. The average Bonchev–Trinajstić information content (AvgIpc) is 3.17. The van der Waals surface area contributed by atoms with E-state index in [0.717, 1.165) is 11.1 Å². The molecule has 0 bridgehead atoms. The maximum Gasteiger partial charge on any atom is 0.338 e. The van der Waals surface area contributed by atoms with Crippen molar-refractivity contribution in [3.05, 3.63) is 84.5 Å². The third-order valence-corrected chi connectivity index (χ3v) is 6.78. The number of thiazole rings is 1.